The standard InChI is InChI=1S/C24H15N5O2S/c1-13-4-7-18(32-13)20-19(15-5-6-17-14(11-15)3-2-8-25-17)28-21-22(30)16(12-27-23(21)29-20)24-26-9-10-31-24/h2-12H,1H3,(H,27,29,30). The number of nitrogens with zero attached hydrogens (tertiary/aromatic N) is 4. The number of fused-ring (bicyclic) bond motifs is 2. The van der Waals surface area contributed by atoms with E-state index in [2.05, 4.69) is 21.9 Å². The van der Waals surface area contributed by atoms with E-state index in [9.17, 15) is 4.79 Å². The molecule has 0 fully saturated rings. The first kappa shape index (κ1) is 18.6. The lowest BCUT2D eigenvalue weighted by molar-refractivity contribution is 0.574. The topological polar surface area (TPSA) is 97.6 Å². The van der Waals surface area contributed by atoms with Gasteiger partial charge in [-0.05, 0) is 37.3 Å². The monoisotopic (exact) mass is 437 g/mol. The van der Waals surface area contributed by atoms with E-state index in [4.69, 9.17) is 14.4 Å². The molecule has 0 saturated carbocycles. The van der Waals surface area contributed by atoms with Gasteiger partial charge in [0.1, 0.15) is 17.5 Å². The molecule has 0 amide bonds. The van der Waals surface area contributed by atoms with Crippen LogP contribution in [0, 0.1) is 6.92 Å². The maximum Gasteiger partial charge on any atom is 0.231 e. The lowest BCUT2D eigenvalue weighted by Gasteiger charge is -2.10. The minimum atomic E-state index is -0.286. The Morgan fingerprint density at radius 3 is 2.75 bits per heavy atom. The van der Waals surface area contributed by atoms with E-state index in [1.807, 2.05) is 42.5 Å². The third-order valence-electron chi connectivity index (χ3n) is 5.22. The van der Waals surface area contributed by atoms with Gasteiger partial charge in [0.2, 0.25) is 11.3 Å². The summed E-state index contributed by atoms with van der Waals surface area (Å²) in [7, 11) is 0. The zero-order valence-electron chi connectivity index (χ0n) is 16.9. The van der Waals surface area contributed by atoms with Gasteiger partial charge in [0, 0.05) is 28.2 Å². The second kappa shape index (κ2) is 7.21. The molecule has 32 heavy (non-hydrogen) atoms. The van der Waals surface area contributed by atoms with Crippen molar-refractivity contribution in [1.82, 2.24) is 24.9 Å². The number of benzene rings is 1. The highest BCUT2D eigenvalue weighted by atomic mass is 32.1. The molecule has 8 heteroatoms. The molecule has 5 heterocycles. The maximum absolute atomic E-state index is 13.2. The number of aromatic amines is 1. The van der Waals surface area contributed by atoms with E-state index in [1.54, 1.807) is 23.7 Å². The first-order chi connectivity index (χ1) is 15.7. The highest BCUT2D eigenvalue weighted by Crippen LogP contribution is 2.35. The average molecular weight is 437 g/mol. The summed E-state index contributed by atoms with van der Waals surface area (Å²) >= 11 is 1.64. The van der Waals surface area contributed by atoms with Gasteiger partial charge in [0.15, 0.2) is 11.2 Å². The largest absolute Gasteiger partial charge is 0.444 e. The predicted octanol–water partition coefficient (Wildman–Crippen LogP) is 5.23. The molecule has 1 N–H and O–H groups in total. The van der Waals surface area contributed by atoms with Gasteiger partial charge < -0.3 is 9.40 Å². The van der Waals surface area contributed by atoms with Gasteiger partial charge in [-0.2, -0.15) is 0 Å². The van der Waals surface area contributed by atoms with Crippen LogP contribution in [0.5, 0.6) is 0 Å². The molecule has 6 rings (SSSR count). The van der Waals surface area contributed by atoms with Crippen LogP contribution in [0.2, 0.25) is 0 Å². The maximum atomic E-state index is 13.2. The molecule has 0 unspecified atom stereocenters. The Bertz CT molecular complexity index is 1670. The van der Waals surface area contributed by atoms with Crippen molar-refractivity contribution in [2.24, 2.45) is 0 Å². The van der Waals surface area contributed by atoms with Crippen molar-refractivity contribution in [2.75, 3.05) is 0 Å². The van der Waals surface area contributed by atoms with Crippen molar-refractivity contribution in [2.45, 2.75) is 6.92 Å². The second-order valence-electron chi connectivity index (χ2n) is 7.31. The number of hydrogen-bond acceptors (Lipinski definition) is 7. The van der Waals surface area contributed by atoms with Gasteiger partial charge in [-0.15, -0.1) is 11.3 Å². The number of rotatable bonds is 3. The Morgan fingerprint density at radius 2 is 1.94 bits per heavy atom. The lowest BCUT2D eigenvalue weighted by Crippen LogP contribution is -2.10. The second-order valence-corrected chi connectivity index (χ2v) is 8.60. The average Bonchev–Trinajstić information content (AvgIpc) is 3.50. The van der Waals surface area contributed by atoms with E-state index in [0.29, 0.717) is 16.9 Å². The number of aromatic nitrogens is 5. The van der Waals surface area contributed by atoms with Crippen LogP contribution in [0.3, 0.4) is 0 Å². The van der Waals surface area contributed by atoms with Crippen LogP contribution in [0.25, 0.3) is 55.3 Å². The molecule has 0 spiro atoms. The Morgan fingerprint density at radius 1 is 1.00 bits per heavy atom. The summed E-state index contributed by atoms with van der Waals surface area (Å²) in [4.78, 5) is 36.6. The van der Waals surface area contributed by atoms with Crippen LogP contribution < -0.4 is 5.43 Å². The van der Waals surface area contributed by atoms with Crippen LogP contribution in [0.15, 0.2) is 76.5 Å². The molecule has 0 radical (unpaired) electrons. The summed E-state index contributed by atoms with van der Waals surface area (Å²) in [6, 6.07) is 13.9. The first-order valence-corrected chi connectivity index (χ1v) is 10.7. The third kappa shape index (κ3) is 3.00. The van der Waals surface area contributed by atoms with Gasteiger partial charge in [-0.25, -0.2) is 15.0 Å². The van der Waals surface area contributed by atoms with Crippen LogP contribution in [-0.2, 0) is 0 Å². The fraction of sp³-hybridized carbons (Fsp3) is 0.0417. The molecule has 6 aromatic rings. The Hall–Kier alpha value is -4.17. The predicted molar refractivity (Wildman–Crippen MR) is 124 cm³/mol. The summed E-state index contributed by atoms with van der Waals surface area (Å²) in [5, 5.41) is 0.989. The summed E-state index contributed by atoms with van der Waals surface area (Å²) in [5.74, 6) is 0.242. The molecular weight excluding hydrogens is 422 g/mol. The van der Waals surface area contributed by atoms with Gasteiger partial charge in [0.05, 0.1) is 22.3 Å². The number of hydrogen-bond donors (Lipinski definition) is 1. The molecule has 0 aliphatic heterocycles. The zero-order chi connectivity index (χ0) is 21.7. The van der Waals surface area contributed by atoms with E-state index < -0.39 is 0 Å². The lowest BCUT2D eigenvalue weighted by atomic mass is 10.1. The van der Waals surface area contributed by atoms with Crippen molar-refractivity contribution in [3.8, 4) is 33.3 Å². The number of aryl methyl sites for hydroxylation is 1. The molecule has 0 atom stereocenters. The van der Waals surface area contributed by atoms with Crippen LogP contribution >= 0.6 is 11.3 Å². The molecule has 0 bridgehead atoms. The number of pyridine rings is 2. The van der Waals surface area contributed by atoms with Gasteiger partial charge in [-0.1, -0.05) is 12.1 Å². The van der Waals surface area contributed by atoms with Gasteiger partial charge in [-0.3, -0.25) is 9.78 Å². The first-order valence-electron chi connectivity index (χ1n) is 9.92. The molecule has 5 aromatic heterocycles. The molecule has 1 aromatic carbocycles. The Labute approximate surface area is 185 Å². The summed E-state index contributed by atoms with van der Waals surface area (Å²) in [6.07, 6.45) is 6.26. The van der Waals surface area contributed by atoms with E-state index >= 15 is 0 Å². The minimum absolute atomic E-state index is 0.235. The molecule has 0 aliphatic rings. The molecule has 7 nitrogen and oxygen atoms in total. The molecule has 0 aliphatic carbocycles. The molecular formula is C24H15N5O2S. The summed E-state index contributed by atoms with van der Waals surface area (Å²) in [6.45, 7) is 2.05. The summed E-state index contributed by atoms with van der Waals surface area (Å²) < 4.78 is 5.32. The Balaban J connectivity index is 1.66. The normalized spacial score (nSPS) is 11.4. The van der Waals surface area contributed by atoms with Gasteiger partial charge in [0.25, 0.3) is 0 Å². The molecule has 154 valence electrons. The van der Waals surface area contributed by atoms with Crippen molar-refractivity contribution >= 4 is 33.4 Å². The highest BCUT2D eigenvalue weighted by Gasteiger charge is 2.19. The third-order valence-corrected chi connectivity index (χ3v) is 6.23. The SMILES string of the molecule is Cc1ccc(-c2nc3[nH]cc(-c4ncco4)c(=O)c3nc2-c2ccc3ncccc3c2)s1. The van der Waals surface area contributed by atoms with Crippen LogP contribution in [0.1, 0.15) is 4.88 Å². The number of H-pyrrole nitrogens is 1. The van der Waals surface area contributed by atoms with E-state index in [0.717, 1.165) is 27.0 Å². The quantitative estimate of drug-likeness (QED) is 0.407. The van der Waals surface area contributed by atoms with E-state index in [1.165, 1.54) is 17.3 Å². The van der Waals surface area contributed by atoms with Crippen LogP contribution in [0.4, 0.5) is 0 Å². The van der Waals surface area contributed by atoms with E-state index in [-0.39, 0.29) is 16.8 Å². The van der Waals surface area contributed by atoms with Crippen molar-refractivity contribution in [1.29, 1.82) is 0 Å². The number of oxazole rings is 1. The molecule has 0 saturated heterocycles. The minimum Gasteiger partial charge on any atom is -0.444 e. The van der Waals surface area contributed by atoms with Crippen LogP contribution in [-0.4, -0.2) is 24.9 Å². The van der Waals surface area contributed by atoms with Gasteiger partial charge >= 0.3 is 0 Å². The fourth-order valence-corrected chi connectivity index (χ4v) is 4.56. The Kier molecular flexibility index (Phi) is 4.19. The fourth-order valence-electron chi connectivity index (χ4n) is 3.70. The van der Waals surface area contributed by atoms with Crippen molar-refractivity contribution in [3.63, 3.8) is 0 Å². The highest BCUT2D eigenvalue weighted by molar-refractivity contribution is 7.15. The van der Waals surface area contributed by atoms with Crippen molar-refractivity contribution < 1.29 is 4.42 Å². The number of thiophene rings is 1. The zero-order valence-corrected chi connectivity index (χ0v) is 17.7. The summed E-state index contributed by atoms with van der Waals surface area (Å²) in [5.41, 5.74) is 3.79. The van der Waals surface area contributed by atoms with Crippen molar-refractivity contribution in [3.05, 3.63) is 82.4 Å². The number of nitrogens with one attached hydrogen (secondary N) is 1. The smallest absolute Gasteiger partial charge is 0.231 e.